The molecule has 1 N–H and O–H groups in total. The van der Waals surface area contributed by atoms with Crippen molar-refractivity contribution in [3.63, 3.8) is 0 Å². The zero-order chi connectivity index (χ0) is 12.3. The molecule has 2 fully saturated rings. The summed E-state index contributed by atoms with van der Waals surface area (Å²) in [7, 11) is 0. The molecule has 1 aliphatic carbocycles. The molecule has 0 aromatic rings. The Bertz CT molecular complexity index is 261. The van der Waals surface area contributed by atoms with E-state index in [1.807, 2.05) is 0 Å². The molecule has 1 aliphatic heterocycles. The topological polar surface area (TPSA) is 40.5 Å². The molecule has 3 nitrogen and oxygen atoms in total. The van der Waals surface area contributed by atoms with Crippen LogP contribution in [0.4, 0.5) is 0 Å². The molecule has 0 bridgehead atoms. The van der Waals surface area contributed by atoms with Crippen LogP contribution in [0.5, 0.6) is 0 Å². The lowest BCUT2D eigenvalue weighted by atomic mass is 9.76. The van der Waals surface area contributed by atoms with Crippen molar-refractivity contribution in [1.29, 1.82) is 0 Å². The zero-order valence-electron chi connectivity index (χ0n) is 10.9. The predicted octanol–water partition coefficient (Wildman–Crippen LogP) is 2.75. The van der Waals surface area contributed by atoms with Crippen molar-refractivity contribution in [1.82, 2.24) is 4.90 Å². The minimum atomic E-state index is -0.574. The van der Waals surface area contributed by atoms with Gasteiger partial charge in [0.05, 0.1) is 5.92 Å². The molecule has 0 aromatic carbocycles. The first kappa shape index (κ1) is 12.9. The van der Waals surface area contributed by atoms with Crippen LogP contribution in [-0.2, 0) is 4.79 Å². The summed E-state index contributed by atoms with van der Waals surface area (Å²) in [5, 5.41) is 9.37. The average molecular weight is 239 g/mol. The van der Waals surface area contributed by atoms with Crippen LogP contribution < -0.4 is 0 Å². The quantitative estimate of drug-likeness (QED) is 0.823. The van der Waals surface area contributed by atoms with Gasteiger partial charge in [0.1, 0.15) is 0 Å². The molecule has 0 radical (unpaired) electrons. The maximum Gasteiger partial charge on any atom is 0.308 e. The molecular formula is C14H25NO2. The van der Waals surface area contributed by atoms with E-state index in [9.17, 15) is 9.90 Å². The molecule has 3 atom stereocenters. The third kappa shape index (κ3) is 3.01. The Balaban J connectivity index is 2.03. The third-order valence-electron chi connectivity index (χ3n) is 4.68. The number of carboxylic acid groups (broad SMARTS) is 1. The number of carboxylic acids is 1. The van der Waals surface area contributed by atoms with Crippen molar-refractivity contribution in [3.05, 3.63) is 0 Å². The lowest BCUT2D eigenvalue weighted by Gasteiger charge is -2.42. The molecular weight excluding hydrogens is 214 g/mol. The van der Waals surface area contributed by atoms with Gasteiger partial charge in [0.15, 0.2) is 0 Å². The smallest absolute Gasteiger partial charge is 0.308 e. The summed E-state index contributed by atoms with van der Waals surface area (Å²) >= 11 is 0. The summed E-state index contributed by atoms with van der Waals surface area (Å²) in [4.78, 5) is 13.8. The van der Waals surface area contributed by atoms with Gasteiger partial charge >= 0.3 is 5.97 Å². The Morgan fingerprint density at radius 3 is 2.53 bits per heavy atom. The summed E-state index contributed by atoms with van der Waals surface area (Å²) in [6, 6.07) is 0.312. The largest absolute Gasteiger partial charge is 0.481 e. The fourth-order valence-electron chi connectivity index (χ4n) is 3.54. The maximum absolute atomic E-state index is 11.4. The number of hydrogen-bond donors (Lipinski definition) is 1. The van der Waals surface area contributed by atoms with E-state index in [1.165, 1.54) is 25.7 Å². The van der Waals surface area contributed by atoms with Crippen molar-refractivity contribution in [2.75, 3.05) is 13.1 Å². The van der Waals surface area contributed by atoms with Gasteiger partial charge in [-0.15, -0.1) is 0 Å². The van der Waals surface area contributed by atoms with Gasteiger partial charge in [-0.2, -0.15) is 0 Å². The van der Waals surface area contributed by atoms with Crippen LogP contribution in [0.25, 0.3) is 0 Å². The van der Waals surface area contributed by atoms with E-state index in [0.717, 1.165) is 38.3 Å². The number of hydrogen-bond acceptors (Lipinski definition) is 2. The molecule has 0 spiro atoms. The second-order valence-corrected chi connectivity index (χ2v) is 5.70. The molecule has 1 saturated heterocycles. The van der Waals surface area contributed by atoms with Crippen LogP contribution in [0.2, 0.25) is 0 Å². The summed E-state index contributed by atoms with van der Waals surface area (Å²) in [6.07, 6.45) is 8.12. The van der Waals surface area contributed by atoms with E-state index in [1.54, 1.807) is 0 Å². The highest BCUT2D eigenvalue weighted by molar-refractivity contribution is 5.71. The number of likely N-dealkylation sites (tertiary alicyclic amines) is 1. The van der Waals surface area contributed by atoms with Crippen molar-refractivity contribution in [2.45, 2.75) is 57.9 Å². The number of rotatable bonds is 3. The van der Waals surface area contributed by atoms with E-state index in [0.29, 0.717) is 6.04 Å². The molecule has 2 rings (SSSR count). The summed E-state index contributed by atoms with van der Waals surface area (Å²) in [5.41, 5.74) is 0. The zero-order valence-corrected chi connectivity index (χ0v) is 10.9. The minimum absolute atomic E-state index is 0.115. The average Bonchev–Trinajstić information content (AvgIpc) is 2.39. The normalized spacial score (nSPS) is 35.7. The Hall–Kier alpha value is -0.570. The SMILES string of the molecule is CCC1CCC(C(=O)O)C(N2CCCCC2)C1. The van der Waals surface area contributed by atoms with E-state index in [4.69, 9.17) is 0 Å². The van der Waals surface area contributed by atoms with E-state index in [-0.39, 0.29) is 5.92 Å². The van der Waals surface area contributed by atoms with Crippen molar-refractivity contribution < 1.29 is 9.90 Å². The lowest BCUT2D eigenvalue weighted by Crippen LogP contribution is -2.49. The standard InChI is InChI=1S/C14H25NO2/c1-2-11-6-7-12(14(16)17)13(10-11)15-8-4-3-5-9-15/h11-13H,2-10H2,1H3,(H,16,17). The van der Waals surface area contributed by atoms with Gasteiger partial charge in [-0.25, -0.2) is 0 Å². The predicted molar refractivity (Wildman–Crippen MR) is 68.0 cm³/mol. The molecule has 2 aliphatic rings. The number of nitrogens with zero attached hydrogens (tertiary/aromatic N) is 1. The van der Waals surface area contributed by atoms with E-state index in [2.05, 4.69) is 11.8 Å². The first-order valence-electron chi connectivity index (χ1n) is 7.19. The Kier molecular flexibility index (Phi) is 4.43. The lowest BCUT2D eigenvalue weighted by molar-refractivity contribution is -0.146. The fraction of sp³-hybridized carbons (Fsp3) is 0.929. The van der Waals surface area contributed by atoms with Gasteiger partial charge in [-0.3, -0.25) is 9.69 Å². The Labute approximate surface area is 104 Å². The summed E-state index contributed by atoms with van der Waals surface area (Å²) in [5.74, 6) is 0.0588. The molecule has 0 aromatic heterocycles. The monoisotopic (exact) mass is 239 g/mol. The number of aliphatic carboxylic acids is 1. The van der Waals surface area contributed by atoms with Gasteiger partial charge in [0.2, 0.25) is 0 Å². The van der Waals surface area contributed by atoms with Crippen LogP contribution in [-0.4, -0.2) is 35.1 Å². The van der Waals surface area contributed by atoms with Gasteiger partial charge in [-0.05, 0) is 51.1 Å². The van der Waals surface area contributed by atoms with Crippen LogP contribution in [0.3, 0.4) is 0 Å². The Morgan fingerprint density at radius 2 is 1.94 bits per heavy atom. The van der Waals surface area contributed by atoms with Crippen LogP contribution in [0.1, 0.15) is 51.9 Å². The number of carbonyl (C=O) groups is 1. The van der Waals surface area contributed by atoms with Gasteiger partial charge in [0, 0.05) is 6.04 Å². The molecule has 17 heavy (non-hydrogen) atoms. The first-order chi connectivity index (χ1) is 8.22. The van der Waals surface area contributed by atoms with Crippen molar-refractivity contribution in [2.24, 2.45) is 11.8 Å². The second kappa shape index (κ2) is 5.85. The molecule has 98 valence electrons. The highest BCUT2D eigenvalue weighted by atomic mass is 16.4. The van der Waals surface area contributed by atoms with Crippen molar-refractivity contribution in [3.8, 4) is 0 Å². The molecule has 3 heteroatoms. The Morgan fingerprint density at radius 1 is 1.24 bits per heavy atom. The fourth-order valence-corrected chi connectivity index (χ4v) is 3.54. The summed E-state index contributed by atoms with van der Waals surface area (Å²) in [6.45, 7) is 4.47. The van der Waals surface area contributed by atoms with Crippen LogP contribution in [0.15, 0.2) is 0 Å². The molecule has 1 saturated carbocycles. The van der Waals surface area contributed by atoms with Crippen LogP contribution in [0, 0.1) is 11.8 Å². The van der Waals surface area contributed by atoms with Crippen LogP contribution >= 0.6 is 0 Å². The van der Waals surface area contributed by atoms with E-state index < -0.39 is 5.97 Å². The third-order valence-corrected chi connectivity index (χ3v) is 4.68. The molecule has 3 unspecified atom stereocenters. The minimum Gasteiger partial charge on any atom is -0.481 e. The molecule has 0 amide bonds. The first-order valence-corrected chi connectivity index (χ1v) is 7.19. The maximum atomic E-state index is 11.4. The highest BCUT2D eigenvalue weighted by Crippen LogP contribution is 2.35. The van der Waals surface area contributed by atoms with Gasteiger partial charge < -0.3 is 5.11 Å². The van der Waals surface area contributed by atoms with Gasteiger partial charge in [0.25, 0.3) is 0 Å². The summed E-state index contributed by atoms with van der Waals surface area (Å²) < 4.78 is 0. The van der Waals surface area contributed by atoms with E-state index >= 15 is 0 Å². The second-order valence-electron chi connectivity index (χ2n) is 5.70. The van der Waals surface area contributed by atoms with Gasteiger partial charge in [-0.1, -0.05) is 19.8 Å². The number of piperidine rings is 1. The van der Waals surface area contributed by atoms with Crippen molar-refractivity contribution >= 4 is 5.97 Å². The highest BCUT2D eigenvalue weighted by Gasteiger charge is 2.38. The molecule has 1 heterocycles.